The minimum atomic E-state index is -4.45. The van der Waals surface area contributed by atoms with Crippen molar-refractivity contribution in [1.29, 1.82) is 0 Å². The van der Waals surface area contributed by atoms with E-state index in [0.717, 1.165) is 17.3 Å². The molecule has 0 amide bonds. The van der Waals surface area contributed by atoms with Gasteiger partial charge in [0.05, 0.1) is 5.01 Å². The molecule has 2 heterocycles. The van der Waals surface area contributed by atoms with Crippen LogP contribution in [-0.2, 0) is 12.6 Å². The molecule has 0 atom stereocenters. The van der Waals surface area contributed by atoms with Crippen LogP contribution in [0, 0.1) is 0 Å². The van der Waals surface area contributed by atoms with Gasteiger partial charge in [0.15, 0.2) is 0 Å². The van der Waals surface area contributed by atoms with E-state index in [0.29, 0.717) is 13.0 Å². The summed E-state index contributed by atoms with van der Waals surface area (Å²) in [6.07, 6.45) is -1.06. The second kappa shape index (κ2) is 5.30. The fourth-order valence-electron chi connectivity index (χ4n) is 1.26. The average molecular weight is 274 g/mol. The summed E-state index contributed by atoms with van der Waals surface area (Å²) in [5.41, 5.74) is -0.950. The molecule has 0 unspecified atom stereocenters. The van der Waals surface area contributed by atoms with E-state index in [-0.39, 0.29) is 5.95 Å². The summed E-state index contributed by atoms with van der Waals surface area (Å²) >= 11 is 1.49. The topological polar surface area (TPSA) is 50.7 Å². The van der Waals surface area contributed by atoms with Crippen LogP contribution in [0.5, 0.6) is 0 Å². The van der Waals surface area contributed by atoms with Crippen molar-refractivity contribution in [2.75, 3.05) is 11.9 Å². The molecule has 2 aromatic heterocycles. The summed E-state index contributed by atoms with van der Waals surface area (Å²) < 4.78 is 37.2. The van der Waals surface area contributed by atoms with Crippen molar-refractivity contribution in [2.24, 2.45) is 0 Å². The Kier molecular flexibility index (Phi) is 3.75. The molecule has 0 fully saturated rings. The number of rotatable bonds is 4. The SMILES string of the molecule is FC(F)(F)c1ccnc(NCCc2nccs2)n1. The molecule has 0 bridgehead atoms. The van der Waals surface area contributed by atoms with Gasteiger partial charge in [-0.15, -0.1) is 11.3 Å². The lowest BCUT2D eigenvalue weighted by Gasteiger charge is -2.07. The second-order valence-electron chi connectivity index (χ2n) is 3.37. The van der Waals surface area contributed by atoms with Crippen LogP contribution < -0.4 is 5.32 Å². The fourth-order valence-corrected chi connectivity index (χ4v) is 1.88. The Balaban J connectivity index is 1.93. The predicted octanol–water partition coefficient (Wildman–Crippen LogP) is 2.61. The van der Waals surface area contributed by atoms with E-state index in [2.05, 4.69) is 20.3 Å². The maximum Gasteiger partial charge on any atom is 0.433 e. The molecular weight excluding hydrogens is 265 g/mol. The Bertz CT molecular complexity index is 498. The molecule has 4 nitrogen and oxygen atoms in total. The van der Waals surface area contributed by atoms with Gasteiger partial charge < -0.3 is 5.32 Å². The van der Waals surface area contributed by atoms with E-state index in [4.69, 9.17) is 0 Å². The zero-order chi connectivity index (χ0) is 13.0. The van der Waals surface area contributed by atoms with Crippen LogP contribution >= 0.6 is 11.3 Å². The molecule has 0 saturated carbocycles. The molecule has 1 N–H and O–H groups in total. The summed E-state index contributed by atoms with van der Waals surface area (Å²) in [4.78, 5) is 11.2. The first-order chi connectivity index (χ1) is 8.55. The molecule has 0 aromatic carbocycles. The van der Waals surface area contributed by atoms with Crippen molar-refractivity contribution in [3.8, 4) is 0 Å². The molecule has 18 heavy (non-hydrogen) atoms. The Hall–Kier alpha value is -1.70. The van der Waals surface area contributed by atoms with Crippen molar-refractivity contribution in [2.45, 2.75) is 12.6 Å². The lowest BCUT2D eigenvalue weighted by atomic mass is 10.4. The van der Waals surface area contributed by atoms with Crippen LogP contribution in [0.15, 0.2) is 23.8 Å². The zero-order valence-electron chi connectivity index (χ0n) is 9.11. The number of nitrogens with one attached hydrogen (secondary N) is 1. The van der Waals surface area contributed by atoms with E-state index in [1.165, 1.54) is 11.3 Å². The van der Waals surface area contributed by atoms with Gasteiger partial charge in [-0.25, -0.2) is 15.0 Å². The summed E-state index contributed by atoms with van der Waals surface area (Å²) in [6, 6.07) is 0.839. The van der Waals surface area contributed by atoms with Gasteiger partial charge in [-0.2, -0.15) is 13.2 Å². The van der Waals surface area contributed by atoms with Gasteiger partial charge >= 0.3 is 6.18 Å². The van der Waals surface area contributed by atoms with Crippen molar-refractivity contribution < 1.29 is 13.2 Å². The molecule has 0 saturated heterocycles. The normalized spacial score (nSPS) is 11.5. The minimum absolute atomic E-state index is 0.0265. The number of alkyl halides is 3. The first-order valence-electron chi connectivity index (χ1n) is 5.08. The maximum absolute atomic E-state index is 12.4. The number of thiazole rings is 1. The molecule has 0 spiro atoms. The van der Waals surface area contributed by atoms with E-state index >= 15 is 0 Å². The molecular formula is C10H9F3N4S. The number of aromatic nitrogens is 3. The highest BCUT2D eigenvalue weighted by Crippen LogP contribution is 2.27. The van der Waals surface area contributed by atoms with Crippen LogP contribution in [0.2, 0.25) is 0 Å². The van der Waals surface area contributed by atoms with Gasteiger partial charge in [-0.1, -0.05) is 0 Å². The minimum Gasteiger partial charge on any atom is -0.354 e. The smallest absolute Gasteiger partial charge is 0.354 e. The molecule has 96 valence electrons. The van der Waals surface area contributed by atoms with E-state index in [1.54, 1.807) is 6.20 Å². The molecule has 0 radical (unpaired) electrons. The van der Waals surface area contributed by atoms with Gasteiger partial charge in [0.2, 0.25) is 5.95 Å². The standard InChI is InChI=1S/C10H9F3N4S/c11-10(12,13)7-1-3-15-9(17-7)16-4-2-8-14-5-6-18-8/h1,3,5-6H,2,4H2,(H,15,16,17). The van der Waals surface area contributed by atoms with Gasteiger partial charge in [-0.05, 0) is 6.07 Å². The third-order valence-corrected chi connectivity index (χ3v) is 2.89. The highest BCUT2D eigenvalue weighted by atomic mass is 32.1. The number of hydrogen-bond acceptors (Lipinski definition) is 5. The van der Waals surface area contributed by atoms with E-state index in [9.17, 15) is 13.2 Å². The van der Waals surface area contributed by atoms with Crippen molar-refractivity contribution in [1.82, 2.24) is 15.0 Å². The lowest BCUT2D eigenvalue weighted by Crippen LogP contribution is -2.13. The quantitative estimate of drug-likeness (QED) is 0.931. The van der Waals surface area contributed by atoms with Crippen molar-refractivity contribution >= 4 is 17.3 Å². The maximum atomic E-state index is 12.4. The van der Waals surface area contributed by atoms with Crippen LogP contribution in [-0.4, -0.2) is 21.5 Å². The Morgan fingerprint density at radius 2 is 2.06 bits per heavy atom. The third kappa shape index (κ3) is 3.39. The first-order valence-corrected chi connectivity index (χ1v) is 5.96. The highest BCUT2D eigenvalue weighted by molar-refractivity contribution is 7.09. The van der Waals surface area contributed by atoms with Gasteiger partial charge in [-0.3, -0.25) is 0 Å². The molecule has 8 heteroatoms. The molecule has 2 rings (SSSR count). The number of nitrogens with zero attached hydrogens (tertiary/aromatic N) is 3. The van der Waals surface area contributed by atoms with Crippen LogP contribution in [0.4, 0.5) is 19.1 Å². The summed E-state index contributed by atoms with van der Waals surface area (Å²) in [5.74, 6) is -0.0265. The number of hydrogen-bond donors (Lipinski definition) is 1. The van der Waals surface area contributed by atoms with Gasteiger partial charge in [0, 0.05) is 30.7 Å². The second-order valence-corrected chi connectivity index (χ2v) is 4.34. The molecule has 0 aliphatic heterocycles. The summed E-state index contributed by atoms with van der Waals surface area (Å²) in [5, 5.41) is 5.49. The predicted molar refractivity (Wildman–Crippen MR) is 61.3 cm³/mol. The zero-order valence-corrected chi connectivity index (χ0v) is 9.92. The van der Waals surface area contributed by atoms with Crippen molar-refractivity contribution in [3.05, 3.63) is 34.5 Å². The lowest BCUT2D eigenvalue weighted by molar-refractivity contribution is -0.141. The first kappa shape index (κ1) is 12.7. The Morgan fingerprint density at radius 3 is 2.72 bits per heavy atom. The largest absolute Gasteiger partial charge is 0.433 e. The van der Waals surface area contributed by atoms with Crippen LogP contribution in [0.3, 0.4) is 0 Å². The number of halogens is 3. The Morgan fingerprint density at radius 1 is 1.22 bits per heavy atom. The molecule has 0 aliphatic carbocycles. The molecule has 2 aromatic rings. The van der Waals surface area contributed by atoms with Crippen LogP contribution in [0.25, 0.3) is 0 Å². The number of anilines is 1. The van der Waals surface area contributed by atoms with Gasteiger partial charge in [0.25, 0.3) is 0 Å². The highest BCUT2D eigenvalue weighted by Gasteiger charge is 2.32. The van der Waals surface area contributed by atoms with Crippen molar-refractivity contribution in [3.63, 3.8) is 0 Å². The summed E-state index contributed by atoms with van der Waals surface area (Å²) in [6.45, 7) is 0.439. The average Bonchev–Trinajstić information content (AvgIpc) is 2.81. The molecule has 0 aliphatic rings. The summed E-state index contributed by atoms with van der Waals surface area (Å²) in [7, 11) is 0. The van der Waals surface area contributed by atoms with E-state index < -0.39 is 11.9 Å². The Labute approximate surface area is 105 Å². The third-order valence-electron chi connectivity index (χ3n) is 2.05. The van der Waals surface area contributed by atoms with E-state index in [1.807, 2.05) is 5.38 Å². The fraction of sp³-hybridized carbons (Fsp3) is 0.300. The van der Waals surface area contributed by atoms with Crippen LogP contribution in [0.1, 0.15) is 10.7 Å². The monoisotopic (exact) mass is 274 g/mol. The van der Waals surface area contributed by atoms with Gasteiger partial charge in [0.1, 0.15) is 5.69 Å².